The number of ether oxygens (including phenoxy) is 1. The predicted molar refractivity (Wildman–Crippen MR) is 72.7 cm³/mol. The topological polar surface area (TPSA) is 94.3 Å². The Hall–Kier alpha value is -3.03. The van der Waals surface area contributed by atoms with E-state index < -0.39 is 0 Å². The number of hydrogen-bond donors (Lipinski definition) is 1. The Morgan fingerprint density at radius 3 is 2.86 bits per heavy atom. The highest BCUT2D eigenvalue weighted by Gasteiger charge is 2.09. The Labute approximate surface area is 119 Å². The number of nitrogens with one attached hydrogen (secondary N) is 1. The average Bonchev–Trinajstić information content (AvgIpc) is 2.96. The van der Waals surface area contributed by atoms with E-state index >= 15 is 0 Å². The van der Waals surface area contributed by atoms with E-state index in [1.807, 2.05) is 0 Å². The van der Waals surface area contributed by atoms with E-state index in [-0.39, 0.29) is 11.9 Å². The predicted octanol–water partition coefficient (Wildman–Crippen LogP) is 0.458. The molecule has 0 radical (unpaired) electrons. The van der Waals surface area contributed by atoms with Crippen molar-refractivity contribution in [3.05, 3.63) is 48.2 Å². The summed E-state index contributed by atoms with van der Waals surface area (Å²) in [6.45, 7) is 0.325. The lowest BCUT2D eigenvalue weighted by atomic mass is 10.3. The first-order chi connectivity index (χ1) is 10.3. The van der Waals surface area contributed by atoms with Crippen molar-refractivity contribution in [2.45, 2.75) is 6.54 Å². The standard InChI is InChI=1S/C13H12N6O2/c1-21-13-16-6-10(7-17-13)12(20)15-5-9-8-18-19-4-2-3-14-11(9)19/h2-4,6-8H,5H2,1H3,(H,15,20). The van der Waals surface area contributed by atoms with Gasteiger partial charge in [-0.05, 0) is 6.07 Å². The lowest BCUT2D eigenvalue weighted by Crippen LogP contribution is -2.23. The third kappa shape index (κ3) is 2.64. The van der Waals surface area contributed by atoms with Crippen molar-refractivity contribution in [1.29, 1.82) is 0 Å². The molecule has 0 spiro atoms. The Kier molecular flexibility index (Phi) is 3.42. The molecule has 3 aromatic heterocycles. The summed E-state index contributed by atoms with van der Waals surface area (Å²) in [5.74, 6) is -0.270. The fourth-order valence-corrected chi connectivity index (χ4v) is 1.82. The van der Waals surface area contributed by atoms with Gasteiger partial charge in [0.1, 0.15) is 0 Å². The minimum atomic E-state index is -0.270. The largest absolute Gasteiger partial charge is 0.467 e. The van der Waals surface area contributed by atoms with Crippen molar-refractivity contribution in [3.8, 4) is 6.01 Å². The van der Waals surface area contributed by atoms with Crippen LogP contribution in [-0.2, 0) is 6.54 Å². The number of carbonyl (C=O) groups excluding carboxylic acids is 1. The first-order valence-electron chi connectivity index (χ1n) is 6.19. The number of methoxy groups -OCH3 is 1. The Morgan fingerprint density at radius 1 is 1.29 bits per heavy atom. The van der Waals surface area contributed by atoms with Crippen LogP contribution in [-0.4, -0.2) is 37.6 Å². The first-order valence-corrected chi connectivity index (χ1v) is 6.19. The quantitative estimate of drug-likeness (QED) is 0.748. The van der Waals surface area contributed by atoms with E-state index in [9.17, 15) is 4.79 Å². The van der Waals surface area contributed by atoms with Gasteiger partial charge in [0.15, 0.2) is 5.65 Å². The molecular weight excluding hydrogens is 272 g/mol. The van der Waals surface area contributed by atoms with Crippen molar-refractivity contribution < 1.29 is 9.53 Å². The van der Waals surface area contributed by atoms with Gasteiger partial charge in [-0.25, -0.2) is 19.5 Å². The van der Waals surface area contributed by atoms with Crippen LogP contribution in [0, 0.1) is 0 Å². The molecule has 8 nitrogen and oxygen atoms in total. The summed E-state index contributed by atoms with van der Waals surface area (Å²) >= 11 is 0. The molecule has 0 saturated carbocycles. The summed E-state index contributed by atoms with van der Waals surface area (Å²) in [5.41, 5.74) is 1.90. The molecule has 3 rings (SSSR count). The second-order valence-electron chi connectivity index (χ2n) is 4.20. The molecule has 106 valence electrons. The van der Waals surface area contributed by atoms with Gasteiger partial charge in [-0.15, -0.1) is 0 Å². The van der Waals surface area contributed by atoms with Crippen molar-refractivity contribution >= 4 is 11.6 Å². The molecule has 0 aliphatic rings. The summed E-state index contributed by atoms with van der Waals surface area (Å²) < 4.78 is 6.49. The molecule has 0 fully saturated rings. The van der Waals surface area contributed by atoms with Crippen LogP contribution in [0.15, 0.2) is 37.1 Å². The number of nitrogens with zero attached hydrogens (tertiary/aromatic N) is 5. The average molecular weight is 284 g/mol. The first kappa shape index (κ1) is 13.0. The molecule has 0 aliphatic heterocycles. The SMILES string of the molecule is COc1ncc(C(=O)NCc2cnn3cccnc23)cn1. The van der Waals surface area contributed by atoms with Crippen molar-refractivity contribution in [2.24, 2.45) is 0 Å². The van der Waals surface area contributed by atoms with E-state index in [2.05, 4.69) is 25.4 Å². The van der Waals surface area contributed by atoms with Gasteiger partial charge in [0, 0.05) is 36.9 Å². The Balaban J connectivity index is 1.70. The van der Waals surface area contributed by atoms with Crippen molar-refractivity contribution in [2.75, 3.05) is 7.11 Å². The molecule has 0 atom stereocenters. The molecule has 21 heavy (non-hydrogen) atoms. The number of hydrogen-bond acceptors (Lipinski definition) is 6. The van der Waals surface area contributed by atoms with Gasteiger partial charge in [0.25, 0.3) is 5.91 Å². The van der Waals surface area contributed by atoms with Gasteiger partial charge in [-0.1, -0.05) is 0 Å². The second kappa shape index (κ2) is 5.53. The summed E-state index contributed by atoms with van der Waals surface area (Å²) in [6.07, 6.45) is 7.97. The highest BCUT2D eigenvalue weighted by molar-refractivity contribution is 5.93. The minimum Gasteiger partial charge on any atom is -0.467 e. The molecule has 0 saturated heterocycles. The van der Waals surface area contributed by atoms with Crippen LogP contribution in [0.25, 0.3) is 5.65 Å². The van der Waals surface area contributed by atoms with Crippen LogP contribution in [0.5, 0.6) is 6.01 Å². The summed E-state index contributed by atoms with van der Waals surface area (Å²) in [4.78, 5) is 24.0. The molecule has 8 heteroatoms. The normalized spacial score (nSPS) is 10.5. The number of carbonyl (C=O) groups is 1. The van der Waals surface area contributed by atoms with Crippen LogP contribution in [0.3, 0.4) is 0 Å². The molecule has 1 N–H and O–H groups in total. The van der Waals surface area contributed by atoms with Crippen LogP contribution in [0.4, 0.5) is 0 Å². The monoisotopic (exact) mass is 284 g/mol. The smallest absolute Gasteiger partial charge is 0.316 e. The van der Waals surface area contributed by atoms with Crippen molar-refractivity contribution in [3.63, 3.8) is 0 Å². The van der Waals surface area contributed by atoms with Gasteiger partial charge >= 0.3 is 6.01 Å². The maximum atomic E-state index is 12.0. The highest BCUT2D eigenvalue weighted by Crippen LogP contribution is 2.07. The maximum Gasteiger partial charge on any atom is 0.316 e. The molecule has 0 bridgehead atoms. The Bertz CT molecular complexity index is 768. The Morgan fingerprint density at radius 2 is 2.10 bits per heavy atom. The number of aromatic nitrogens is 5. The van der Waals surface area contributed by atoms with Gasteiger partial charge < -0.3 is 10.1 Å². The van der Waals surface area contributed by atoms with Gasteiger partial charge in [0.2, 0.25) is 0 Å². The second-order valence-corrected chi connectivity index (χ2v) is 4.20. The fraction of sp³-hybridized carbons (Fsp3) is 0.154. The van der Waals surface area contributed by atoms with Crippen LogP contribution in [0.1, 0.15) is 15.9 Å². The zero-order chi connectivity index (χ0) is 14.7. The van der Waals surface area contributed by atoms with E-state index in [0.717, 1.165) is 5.56 Å². The lowest BCUT2D eigenvalue weighted by molar-refractivity contribution is 0.0950. The van der Waals surface area contributed by atoms with Crippen LogP contribution < -0.4 is 10.1 Å². The van der Waals surface area contributed by atoms with E-state index in [1.54, 1.807) is 29.2 Å². The molecule has 3 heterocycles. The highest BCUT2D eigenvalue weighted by atomic mass is 16.5. The zero-order valence-corrected chi connectivity index (χ0v) is 11.2. The summed E-state index contributed by atoms with van der Waals surface area (Å²) in [5, 5.41) is 6.93. The molecular formula is C13H12N6O2. The summed E-state index contributed by atoms with van der Waals surface area (Å²) in [6, 6.07) is 2.01. The number of fused-ring (bicyclic) bond motifs is 1. The fourth-order valence-electron chi connectivity index (χ4n) is 1.82. The molecule has 0 aromatic carbocycles. The minimum absolute atomic E-state index is 0.221. The number of rotatable bonds is 4. The molecule has 0 aliphatic carbocycles. The number of amides is 1. The van der Waals surface area contributed by atoms with Gasteiger partial charge in [-0.2, -0.15) is 5.10 Å². The van der Waals surface area contributed by atoms with E-state index in [1.165, 1.54) is 19.5 Å². The van der Waals surface area contributed by atoms with Crippen molar-refractivity contribution in [1.82, 2.24) is 29.9 Å². The van der Waals surface area contributed by atoms with Gasteiger partial charge in [-0.3, -0.25) is 4.79 Å². The molecule has 3 aromatic rings. The summed E-state index contributed by atoms with van der Waals surface area (Å²) in [7, 11) is 1.47. The van der Waals surface area contributed by atoms with E-state index in [0.29, 0.717) is 17.8 Å². The lowest BCUT2D eigenvalue weighted by Gasteiger charge is -2.04. The third-order valence-corrected chi connectivity index (χ3v) is 2.86. The third-order valence-electron chi connectivity index (χ3n) is 2.86. The van der Waals surface area contributed by atoms with Crippen LogP contribution in [0.2, 0.25) is 0 Å². The van der Waals surface area contributed by atoms with E-state index in [4.69, 9.17) is 4.74 Å². The molecule has 1 amide bonds. The maximum absolute atomic E-state index is 12.0. The zero-order valence-electron chi connectivity index (χ0n) is 11.2. The van der Waals surface area contributed by atoms with Gasteiger partial charge in [0.05, 0.1) is 18.9 Å². The molecule has 0 unspecified atom stereocenters. The van der Waals surface area contributed by atoms with Crippen LogP contribution >= 0.6 is 0 Å².